The van der Waals surface area contributed by atoms with Crippen molar-refractivity contribution >= 4 is 12.6 Å². The predicted octanol–water partition coefficient (Wildman–Crippen LogP) is 2.90. The van der Waals surface area contributed by atoms with E-state index in [2.05, 4.69) is 24.8 Å². The zero-order valence-corrected chi connectivity index (χ0v) is 8.47. The molecule has 1 saturated carbocycles. The van der Waals surface area contributed by atoms with Gasteiger partial charge in [-0.15, -0.1) is 12.6 Å². The first-order valence-electron chi connectivity index (χ1n) is 4.70. The average molecular weight is 194 g/mol. The summed E-state index contributed by atoms with van der Waals surface area (Å²) in [5.74, 6) is 0.846. The normalized spacial score (nSPS) is 16.1. The van der Waals surface area contributed by atoms with Gasteiger partial charge >= 0.3 is 0 Å². The summed E-state index contributed by atoms with van der Waals surface area (Å²) in [6, 6.07) is 8.12. The Hall–Kier alpha value is -0.470. The van der Waals surface area contributed by atoms with Gasteiger partial charge in [-0.3, -0.25) is 0 Å². The zero-order chi connectivity index (χ0) is 9.10. The fraction of sp³-hybridized carbons (Fsp3) is 0.455. The van der Waals surface area contributed by atoms with Crippen LogP contribution in [0.4, 0.5) is 0 Å². The second-order valence-corrected chi connectivity index (χ2v) is 4.14. The molecule has 1 aliphatic rings. The van der Waals surface area contributed by atoms with Gasteiger partial charge in [0.05, 0.1) is 6.61 Å². The number of ether oxygens (including phenoxy) is 1. The van der Waals surface area contributed by atoms with Crippen LogP contribution in [0.5, 0.6) is 0 Å². The molecule has 70 valence electrons. The van der Waals surface area contributed by atoms with E-state index < -0.39 is 0 Å². The fourth-order valence-electron chi connectivity index (χ4n) is 1.27. The highest BCUT2D eigenvalue weighted by atomic mass is 32.1. The lowest BCUT2D eigenvalue weighted by Gasteiger charge is -2.03. The second kappa shape index (κ2) is 4.16. The number of rotatable bonds is 4. The van der Waals surface area contributed by atoms with Crippen LogP contribution in [0.3, 0.4) is 0 Å². The molecule has 1 fully saturated rings. The molecular formula is C11H14OS. The number of hydrogen-bond donors (Lipinski definition) is 1. The minimum Gasteiger partial charge on any atom is -0.376 e. The van der Waals surface area contributed by atoms with Gasteiger partial charge in [-0.05, 0) is 36.5 Å². The van der Waals surface area contributed by atoms with Gasteiger partial charge in [0.25, 0.3) is 0 Å². The lowest BCUT2D eigenvalue weighted by atomic mass is 10.2. The van der Waals surface area contributed by atoms with Gasteiger partial charge in [-0.2, -0.15) is 0 Å². The molecule has 0 N–H and O–H groups in total. The molecule has 0 bridgehead atoms. The Labute approximate surface area is 84.5 Å². The topological polar surface area (TPSA) is 9.23 Å². The third-order valence-corrected chi connectivity index (χ3v) is 2.51. The molecule has 0 saturated heterocycles. The SMILES string of the molecule is Sc1cccc(COCC2CC2)c1. The second-order valence-electron chi connectivity index (χ2n) is 3.63. The first-order valence-corrected chi connectivity index (χ1v) is 5.15. The van der Waals surface area contributed by atoms with Crippen LogP contribution in [0, 0.1) is 5.92 Å². The Morgan fingerprint density at radius 1 is 1.38 bits per heavy atom. The van der Waals surface area contributed by atoms with Crippen molar-refractivity contribution in [3.05, 3.63) is 29.8 Å². The molecule has 0 amide bonds. The summed E-state index contributed by atoms with van der Waals surface area (Å²) in [6.45, 7) is 1.65. The quantitative estimate of drug-likeness (QED) is 0.725. The average Bonchev–Trinajstić information content (AvgIpc) is 2.88. The van der Waals surface area contributed by atoms with Crippen LogP contribution in [0.1, 0.15) is 18.4 Å². The van der Waals surface area contributed by atoms with Crippen LogP contribution in [-0.4, -0.2) is 6.61 Å². The summed E-state index contributed by atoms with van der Waals surface area (Å²) in [7, 11) is 0. The molecule has 13 heavy (non-hydrogen) atoms. The van der Waals surface area contributed by atoms with Crippen LogP contribution in [0.2, 0.25) is 0 Å². The van der Waals surface area contributed by atoms with Crippen LogP contribution < -0.4 is 0 Å². The molecule has 0 heterocycles. The molecular weight excluding hydrogens is 180 g/mol. The number of hydrogen-bond acceptors (Lipinski definition) is 2. The molecule has 2 rings (SSSR count). The maximum Gasteiger partial charge on any atom is 0.0717 e. The predicted molar refractivity (Wildman–Crippen MR) is 56.1 cm³/mol. The van der Waals surface area contributed by atoms with Crippen molar-refractivity contribution in [2.24, 2.45) is 5.92 Å². The molecule has 1 aromatic carbocycles. The minimum absolute atomic E-state index is 0.727. The van der Waals surface area contributed by atoms with E-state index in [1.807, 2.05) is 12.1 Å². The Bertz CT molecular complexity index is 281. The molecule has 0 unspecified atom stereocenters. The van der Waals surface area contributed by atoms with E-state index in [0.717, 1.165) is 24.0 Å². The van der Waals surface area contributed by atoms with E-state index in [1.165, 1.54) is 18.4 Å². The Kier molecular flexibility index (Phi) is 2.91. The number of benzene rings is 1. The first kappa shape index (κ1) is 9.10. The fourth-order valence-corrected chi connectivity index (χ4v) is 1.53. The third kappa shape index (κ3) is 3.05. The van der Waals surface area contributed by atoms with Crippen molar-refractivity contribution in [2.45, 2.75) is 24.3 Å². The van der Waals surface area contributed by atoms with Crippen molar-refractivity contribution in [2.75, 3.05) is 6.61 Å². The molecule has 1 aromatic rings. The third-order valence-electron chi connectivity index (χ3n) is 2.23. The summed E-state index contributed by atoms with van der Waals surface area (Å²) in [6.07, 6.45) is 2.71. The van der Waals surface area contributed by atoms with E-state index >= 15 is 0 Å². The van der Waals surface area contributed by atoms with Crippen LogP contribution in [0.15, 0.2) is 29.2 Å². The standard InChI is InChI=1S/C11H14OS/c13-11-3-1-2-10(6-11)8-12-7-9-4-5-9/h1-3,6,9,13H,4-5,7-8H2. The largest absolute Gasteiger partial charge is 0.376 e. The molecule has 0 aromatic heterocycles. The summed E-state index contributed by atoms with van der Waals surface area (Å²) in [5.41, 5.74) is 1.22. The van der Waals surface area contributed by atoms with Crippen LogP contribution >= 0.6 is 12.6 Å². The van der Waals surface area contributed by atoms with Gasteiger partial charge in [-0.25, -0.2) is 0 Å². The zero-order valence-electron chi connectivity index (χ0n) is 7.57. The molecule has 1 nitrogen and oxygen atoms in total. The Morgan fingerprint density at radius 3 is 2.92 bits per heavy atom. The summed E-state index contributed by atoms with van der Waals surface area (Å²) in [5, 5.41) is 0. The smallest absolute Gasteiger partial charge is 0.0717 e. The highest BCUT2D eigenvalue weighted by Crippen LogP contribution is 2.29. The molecule has 0 aliphatic heterocycles. The number of thiol groups is 1. The van der Waals surface area contributed by atoms with E-state index in [1.54, 1.807) is 0 Å². The van der Waals surface area contributed by atoms with Gasteiger partial charge in [-0.1, -0.05) is 12.1 Å². The first-order chi connectivity index (χ1) is 6.34. The van der Waals surface area contributed by atoms with Crippen molar-refractivity contribution in [3.63, 3.8) is 0 Å². The lowest BCUT2D eigenvalue weighted by molar-refractivity contribution is 0.111. The minimum atomic E-state index is 0.727. The van der Waals surface area contributed by atoms with E-state index in [4.69, 9.17) is 4.74 Å². The molecule has 0 radical (unpaired) electrons. The van der Waals surface area contributed by atoms with Crippen LogP contribution in [-0.2, 0) is 11.3 Å². The molecule has 0 spiro atoms. The van der Waals surface area contributed by atoms with Crippen molar-refractivity contribution in [1.82, 2.24) is 0 Å². The molecule has 0 atom stereocenters. The van der Waals surface area contributed by atoms with Gasteiger partial charge in [0.1, 0.15) is 0 Å². The summed E-state index contributed by atoms with van der Waals surface area (Å²) < 4.78 is 5.56. The molecule has 1 aliphatic carbocycles. The maximum atomic E-state index is 5.56. The Balaban J connectivity index is 1.79. The summed E-state index contributed by atoms with van der Waals surface area (Å²) in [4.78, 5) is 1.01. The maximum absolute atomic E-state index is 5.56. The van der Waals surface area contributed by atoms with Crippen molar-refractivity contribution < 1.29 is 4.74 Å². The van der Waals surface area contributed by atoms with Gasteiger partial charge < -0.3 is 4.74 Å². The van der Waals surface area contributed by atoms with Crippen molar-refractivity contribution in [1.29, 1.82) is 0 Å². The lowest BCUT2D eigenvalue weighted by Crippen LogP contribution is -1.96. The van der Waals surface area contributed by atoms with Gasteiger partial charge in [0.2, 0.25) is 0 Å². The van der Waals surface area contributed by atoms with E-state index in [-0.39, 0.29) is 0 Å². The summed E-state index contributed by atoms with van der Waals surface area (Å²) >= 11 is 4.27. The van der Waals surface area contributed by atoms with E-state index in [0.29, 0.717) is 0 Å². The van der Waals surface area contributed by atoms with Crippen LogP contribution in [0.25, 0.3) is 0 Å². The van der Waals surface area contributed by atoms with Gasteiger partial charge in [0.15, 0.2) is 0 Å². The monoisotopic (exact) mass is 194 g/mol. The van der Waals surface area contributed by atoms with Gasteiger partial charge in [0, 0.05) is 11.5 Å². The van der Waals surface area contributed by atoms with Crippen molar-refractivity contribution in [3.8, 4) is 0 Å². The highest BCUT2D eigenvalue weighted by molar-refractivity contribution is 7.80. The van der Waals surface area contributed by atoms with E-state index in [9.17, 15) is 0 Å². The molecule has 2 heteroatoms. The highest BCUT2D eigenvalue weighted by Gasteiger charge is 2.20. The Morgan fingerprint density at radius 2 is 2.23 bits per heavy atom.